The first kappa shape index (κ1) is 29.4. The number of thiophene rings is 2. The minimum absolute atomic E-state index is 0.0534. The highest BCUT2D eigenvalue weighted by Gasteiger charge is 2.54. The summed E-state index contributed by atoms with van der Waals surface area (Å²) in [5.41, 5.74) is 3.56. The summed E-state index contributed by atoms with van der Waals surface area (Å²) in [6.07, 6.45) is -2.71. The van der Waals surface area contributed by atoms with E-state index < -0.39 is 48.3 Å². The van der Waals surface area contributed by atoms with Crippen LogP contribution < -0.4 is 0 Å². The molecular formula is C34H21F2N5O4S3. The quantitative estimate of drug-likeness (QED) is 0.170. The molecule has 9 nitrogen and oxygen atoms in total. The molecule has 0 radical (unpaired) electrons. The van der Waals surface area contributed by atoms with E-state index in [4.69, 9.17) is 4.74 Å². The molecule has 7 aromatic rings. The number of aliphatic imine (C=N–C) groups is 1. The predicted molar refractivity (Wildman–Crippen MR) is 182 cm³/mol. The fourth-order valence-corrected chi connectivity index (χ4v) is 9.89. The van der Waals surface area contributed by atoms with Crippen LogP contribution in [-0.4, -0.2) is 54.0 Å². The largest absolute Gasteiger partial charge is 0.444 e. The number of carbonyl (C=O) groups excluding carboxylic acids is 3. The zero-order valence-electron chi connectivity index (χ0n) is 24.6. The van der Waals surface area contributed by atoms with Crippen molar-refractivity contribution in [1.29, 1.82) is 0 Å². The second-order valence-corrected chi connectivity index (χ2v) is 14.5. The molecule has 0 saturated heterocycles. The second-order valence-electron chi connectivity index (χ2n) is 11.8. The standard InChI is InChI=1S/C34H21F2N5O4S3/c35-16-10-18-24(20(36)11-16)29(42)30(43)26(18)38-33-27-25(39-48-40-27)19(13-37-33)23-12-21-31(47-23)32-28(17-8-4-5-9-22(17)46-32)41(21)34(44)45-14-15-6-2-1-3-7-15/h1-9,12-13,16,18,20,24H,10-11,14H2. The number of hydrogen-bond acceptors (Lipinski definition) is 11. The molecule has 14 heteroatoms. The van der Waals surface area contributed by atoms with Crippen molar-refractivity contribution in [2.24, 2.45) is 16.8 Å². The number of benzene rings is 2. The minimum atomic E-state index is -1.74. The van der Waals surface area contributed by atoms with Gasteiger partial charge in [-0.1, -0.05) is 48.5 Å². The summed E-state index contributed by atoms with van der Waals surface area (Å²) in [6, 6.07) is 19.3. The maximum absolute atomic E-state index is 14.7. The van der Waals surface area contributed by atoms with Gasteiger partial charge in [0.1, 0.15) is 30.0 Å². The van der Waals surface area contributed by atoms with Gasteiger partial charge in [-0.3, -0.25) is 9.59 Å². The molecule has 0 spiro atoms. The lowest BCUT2D eigenvalue weighted by Crippen LogP contribution is -2.36. The number of pyridine rings is 1. The highest BCUT2D eigenvalue weighted by molar-refractivity contribution is 7.32. The fraction of sp³-hybridized carbons (Fsp3) is 0.206. The summed E-state index contributed by atoms with van der Waals surface area (Å²) in [5, 5.41) is 0.952. The molecule has 5 aromatic heterocycles. The second kappa shape index (κ2) is 11.1. The lowest BCUT2D eigenvalue weighted by molar-refractivity contribution is -0.136. The summed E-state index contributed by atoms with van der Waals surface area (Å²) in [7, 11) is 0. The van der Waals surface area contributed by atoms with Gasteiger partial charge in [0.05, 0.1) is 43.8 Å². The van der Waals surface area contributed by atoms with Crippen molar-refractivity contribution in [3.8, 4) is 10.4 Å². The Bertz CT molecular complexity index is 2500. The first-order chi connectivity index (χ1) is 23.4. The normalized spacial score (nSPS) is 22.1. The number of ketones is 2. The molecule has 4 unspecified atom stereocenters. The molecular weight excluding hydrogens is 677 g/mol. The Labute approximate surface area is 281 Å². The average molecular weight is 698 g/mol. The lowest BCUT2D eigenvalue weighted by atomic mass is 9.78. The highest BCUT2D eigenvalue weighted by Crippen LogP contribution is 2.47. The Morgan fingerprint density at radius 2 is 1.77 bits per heavy atom. The van der Waals surface area contributed by atoms with Crippen molar-refractivity contribution in [3.05, 3.63) is 72.4 Å². The van der Waals surface area contributed by atoms with E-state index in [1.165, 1.54) is 11.3 Å². The molecule has 238 valence electrons. The van der Waals surface area contributed by atoms with Crippen LogP contribution >= 0.6 is 34.4 Å². The van der Waals surface area contributed by atoms with Crippen LogP contribution in [0, 0.1) is 11.8 Å². The molecule has 0 N–H and O–H groups in total. The lowest BCUT2D eigenvalue weighted by Gasteiger charge is -2.28. The summed E-state index contributed by atoms with van der Waals surface area (Å²) in [5.74, 6) is -3.89. The fourth-order valence-electron chi connectivity index (χ4n) is 6.85. The molecule has 0 aliphatic heterocycles. The van der Waals surface area contributed by atoms with E-state index in [0.29, 0.717) is 22.1 Å². The molecule has 2 fully saturated rings. The van der Waals surface area contributed by atoms with E-state index in [9.17, 15) is 23.2 Å². The van der Waals surface area contributed by atoms with Crippen molar-refractivity contribution in [2.45, 2.75) is 31.8 Å². The third-order valence-corrected chi connectivity index (χ3v) is 12.0. The number of carbonyl (C=O) groups is 3. The van der Waals surface area contributed by atoms with Gasteiger partial charge < -0.3 is 4.74 Å². The van der Waals surface area contributed by atoms with Crippen molar-refractivity contribution >= 4 is 105 Å². The summed E-state index contributed by atoms with van der Waals surface area (Å²) in [4.78, 5) is 49.0. The smallest absolute Gasteiger partial charge is 0.419 e. The van der Waals surface area contributed by atoms with Crippen LogP contribution in [0.5, 0.6) is 0 Å². The Hall–Kier alpha value is -4.79. The Kier molecular flexibility index (Phi) is 6.81. The number of nitrogens with zero attached hydrogens (tertiary/aromatic N) is 5. The predicted octanol–water partition coefficient (Wildman–Crippen LogP) is 8.25. The number of halogens is 2. The van der Waals surface area contributed by atoms with E-state index in [1.807, 2.05) is 60.7 Å². The van der Waals surface area contributed by atoms with E-state index in [0.717, 1.165) is 47.2 Å². The molecule has 2 aliphatic rings. The highest BCUT2D eigenvalue weighted by atomic mass is 32.1. The number of alkyl halides is 2. The Morgan fingerprint density at radius 1 is 0.979 bits per heavy atom. The van der Waals surface area contributed by atoms with Gasteiger partial charge in [-0.2, -0.15) is 8.75 Å². The van der Waals surface area contributed by atoms with Crippen molar-refractivity contribution in [1.82, 2.24) is 18.3 Å². The van der Waals surface area contributed by atoms with E-state index >= 15 is 0 Å². The topological polar surface area (TPSA) is 116 Å². The molecule has 2 aliphatic carbocycles. The number of rotatable bonds is 4. The van der Waals surface area contributed by atoms with Crippen molar-refractivity contribution < 1.29 is 27.9 Å². The van der Waals surface area contributed by atoms with Crippen LogP contribution in [-0.2, 0) is 20.9 Å². The maximum Gasteiger partial charge on any atom is 0.419 e. The molecule has 48 heavy (non-hydrogen) atoms. The Morgan fingerprint density at radius 3 is 2.62 bits per heavy atom. The van der Waals surface area contributed by atoms with Gasteiger partial charge in [0.15, 0.2) is 5.82 Å². The Balaban J connectivity index is 1.15. The zero-order chi connectivity index (χ0) is 32.7. The van der Waals surface area contributed by atoms with E-state index in [1.54, 1.807) is 22.1 Å². The monoisotopic (exact) mass is 697 g/mol. The van der Waals surface area contributed by atoms with E-state index in [-0.39, 0.29) is 24.6 Å². The average Bonchev–Trinajstić information content (AvgIpc) is 3.90. The van der Waals surface area contributed by atoms with Crippen LogP contribution in [0.1, 0.15) is 18.4 Å². The molecule has 9 rings (SSSR count). The van der Waals surface area contributed by atoms with Gasteiger partial charge in [-0.15, -0.1) is 22.7 Å². The molecule has 5 heterocycles. The number of hydrogen-bond donors (Lipinski definition) is 0. The first-order valence-electron chi connectivity index (χ1n) is 15.1. The van der Waals surface area contributed by atoms with Crippen LogP contribution in [0.2, 0.25) is 0 Å². The van der Waals surface area contributed by atoms with Crippen LogP contribution in [0.15, 0.2) is 71.9 Å². The first-order valence-corrected chi connectivity index (χ1v) is 17.5. The zero-order valence-corrected chi connectivity index (χ0v) is 27.1. The van der Waals surface area contributed by atoms with Gasteiger partial charge in [-0.05, 0) is 24.1 Å². The van der Waals surface area contributed by atoms with Gasteiger partial charge in [-0.25, -0.2) is 28.1 Å². The molecule has 0 bridgehead atoms. The third kappa shape index (κ3) is 4.46. The molecule has 2 aromatic carbocycles. The van der Waals surface area contributed by atoms with Crippen LogP contribution in [0.4, 0.5) is 19.4 Å². The van der Waals surface area contributed by atoms with Crippen molar-refractivity contribution in [3.63, 3.8) is 0 Å². The summed E-state index contributed by atoms with van der Waals surface area (Å²) >= 11 is 4.01. The summed E-state index contributed by atoms with van der Waals surface area (Å²) in [6.45, 7) is 0.118. The van der Waals surface area contributed by atoms with Crippen LogP contribution in [0.25, 0.3) is 52.0 Å². The minimum Gasteiger partial charge on any atom is -0.444 e. The molecule has 4 atom stereocenters. The number of aromatic nitrogens is 4. The van der Waals surface area contributed by atoms with Gasteiger partial charge in [0.25, 0.3) is 0 Å². The number of Topliss-reactive ketones (excluding diaryl/α,β-unsaturated/α-hetero) is 2. The van der Waals surface area contributed by atoms with Crippen LogP contribution in [0.3, 0.4) is 0 Å². The SMILES string of the molecule is O=C1C(=O)C2C(F)CC(F)CC2C1=Nc1ncc(-c2cc3c(s2)c2sc4ccccc4c2n3C(=O)OCc2ccccc2)c2nsnc12. The van der Waals surface area contributed by atoms with Gasteiger partial charge in [0, 0.05) is 39.1 Å². The number of ether oxygens (including phenoxy) is 1. The maximum atomic E-state index is 14.7. The van der Waals surface area contributed by atoms with Crippen molar-refractivity contribution in [2.75, 3.05) is 0 Å². The molecule has 2 saturated carbocycles. The van der Waals surface area contributed by atoms with Gasteiger partial charge >= 0.3 is 6.09 Å². The molecule has 0 amide bonds. The summed E-state index contributed by atoms with van der Waals surface area (Å²) < 4.78 is 48.2. The van der Waals surface area contributed by atoms with E-state index in [2.05, 4.69) is 18.7 Å². The number of fused-ring (bicyclic) bond motifs is 7. The third-order valence-electron chi connectivity index (χ3n) is 9.03. The van der Waals surface area contributed by atoms with Gasteiger partial charge in [0.2, 0.25) is 11.6 Å².